The van der Waals surface area contributed by atoms with Crippen LogP contribution >= 0.6 is 0 Å². The second-order valence-corrected chi connectivity index (χ2v) is 3.90. The third kappa shape index (κ3) is 4.50. The third-order valence-corrected chi connectivity index (χ3v) is 2.28. The minimum atomic E-state index is -0.436. The number of carbonyl (C=O) groups excluding carboxylic acids is 1. The number of rotatable bonds is 6. The number of likely N-dealkylation sites (N-methyl/N-ethyl adjacent to an activating group) is 1. The van der Waals surface area contributed by atoms with E-state index in [2.05, 4.69) is 0 Å². The van der Waals surface area contributed by atoms with Crippen LogP contribution in [0.25, 0.3) is 0 Å². The number of esters is 1. The minimum absolute atomic E-state index is 0.0528. The van der Waals surface area contributed by atoms with E-state index >= 15 is 0 Å². The van der Waals surface area contributed by atoms with Crippen LogP contribution in [-0.4, -0.2) is 36.0 Å². The number of carbonyl (C=O) groups is 1. The molecule has 0 aliphatic rings. The predicted octanol–water partition coefficient (Wildman–Crippen LogP) is 1.59. The van der Waals surface area contributed by atoms with Crippen molar-refractivity contribution in [2.45, 2.75) is 13.5 Å². The van der Waals surface area contributed by atoms with Crippen molar-refractivity contribution in [3.63, 3.8) is 0 Å². The lowest BCUT2D eigenvalue weighted by Gasteiger charge is -2.15. The van der Waals surface area contributed by atoms with Crippen molar-refractivity contribution in [2.75, 3.05) is 20.2 Å². The molecule has 0 N–H and O–H groups in total. The van der Waals surface area contributed by atoms with Gasteiger partial charge < -0.3 is 4.74 Å². The van der Waals surface area contributed by atoms with Gasteiger partial charge in [0.05, 0.1) is 18.1 Å². The zero-order valence-corrected chi connectivity index (χ0v) is 10.5. The lowest BCUT2D eigenvalue weighted by atomic mass is 10.2. The van der Waals surface area contributed by atoms with Gasteiger partial charge in [-0.15, -0.1) is 0 Å². The number of non-ortho nitro benzene ring substituents is 1. The van der Waals surface area contributed by atoms with E-state index in [1.54, 1.807) is 31.0 Å². The van der Waals surface area contributed by atoms with Crippen molar-refractivity contribution in [2.24, 2.45) is 0 Å². The van der Waals surface area contributed by atoms with Crippen LogP contribution in [0.1, 0.15) is 12.5 Å². The summed E-state index contributed by atoms with van der Waals surface area (Å²) in [6, 6.07) is 6.36. The Bertz CT molecular complexity index is 434. The van der Waals surface area contributed by atoms with Crippen molar-refractivity contribution in [1.29, 1.82) is 0 Å². The van der Waals surface area contributed by atoms with E-state index in [0.29, 0.717) is 13.2 Å². The standard InChI is InChI=1S/C12H16N2O4/c1-3-18-12(15)9-13(2)8-10-5-4-6-11(7-10)14(16)17/h4-7H,3,8-9H2,1-2H3. The molecule has 6 heteroatoms. The fraction of sp³-hybridized carbons (Fsp3) is 0.417. The number of nitrogens with zero attached hydrogens (tertiary/aromatic N) is 2. The van der Waals surface area contributed by atoms with Gasteiger partial charge in [0.15, 0.2) is 0 Å². The molecular formula is C12H16N2O4. The van der Waals surface area contributed by atoms with Crippen LogP contribution in [0.15, 0.2) is 24.3 Å². The van der Waals surface area contributed by atoms with Crippen LogP contribution in [0.2, 0.25) is 0 Å². The van der Waals surface area contributed by atoms with Crippen LogP contribution in [0.4, 0.5) is 5.69 Å². The molecule has 18 heavy (non-hydrogen) atoms. The number of hydrogen-bond donors (Lipinski definition) is 0. The summed E-state index contributed by atoms with van der Waals surface area (Å²) in [4.78, 5) is 23.2. The highest BCUT2D eigenvalue weighted by atomic mass is 16.6. The largest absolute Gasteiger partial charge is 0.465 e. The Kier molecular flexibility index (Phi) is 5.26. The average molecular weight is 252 g/mol. The van der Waals surface area contributed by atoms with Gasteiger partial charge in [-0.1, -0.05) is 12.1 Å². The maximum atomic E-state index is 11.2. The zero-order chi connectivity index (χ0) is 13.5. The molecule has 98 valence electrons. The highest BCUT2D eigenvalue weighted by molar-refractivity contribution is 5.71. The lowest BCUT2D eigenvalue weighted by molar-refractivity contribution is -0.384. The molecule has 0 aliphatic heterocycles. The number of benzene rings is 1. The van der Waals surface area contributed by atoms with Gasteiger partial charge in [0.2, 0.25) is 0 Å². The third-order valence-electron chi connectivity index (χ3n) is 2.28. The lowest BCUT2D eigenvalue weighted by Crippen LogP contribution is -2.27. The number of nitro benzene ring substituents is 1. The molecule has 0 unspecified atom stereocenters. The summed E-state index contributed by atoms with van der Waals surface area (Å²) in [5.41, 5.74) is 0.841. The van der Waals surface area contributed by atoms with Gasteiger partial charge in [0.1, 0.15) is 0 Å². The Balaban J connectivity index is 2.58. The Morgan fingerprint density at radius 1 is 1.50 bits per heavy atom. The molecule has 1 aromatic rings. The molecule has 0 heterocycles. The maximum absolute atomic E-state index is 11.2. The van der Waals surface area contributed by atoms with Gasteiger partial charge in [0.25, 0.3) is 5.69 Å². The van der Waals surface area contributed by atoms with Crippen LogP contribution in [-0.2, 0) is 16.1 Å². The highest BCUT2D eigenvalue weighted by Crippen LogP contribution is 2.14. The van der Waals surface area contributed by atoms with Crippen LogP contribution in [0, 0.1) is 10.1 Å². The SMILES string of the molecule is CCOC(=O)CN(C)Cc1cccc([N+](=O)[O-])c1. The first kappa shape index (κ1) is 14.1. The van der Waals surface area contributed by atoms with Crippen molar-refractivity contribution >= 4 is 11.7 Å². The second kappa shape index (κ2) is 6.70. The van der Waals surface area contributed by atoms with Gasteiger partial charge in [-0.05, 0) is 19.5 Å². The fourth-order valence-corrected chi connectivity index (χ4v) is 1.56. The summed E-state index contributed by atoms with van der Waals surface area (Å²) in [7, 11) is 1.76. The topological polar surface area (TPSA) is 72.7 Å². The van der Waals surface area contributed by atoms with E-state index in [0.717, 1.165) is 5.56 Å². The first-order chi connectivity index (χ1) is 8.52. The van der Waals surface area contributed by atoms with E-state index in [4.69, 9.17) is 4.74 Å². The summed E-state index contributed by atoms with van der Waals surface area (Å²) in [5, 5.41) is 10.6. The molecule has 0 saturated heterocycles. The van der Waals surface area contributed by atoms with E-state index in [-0.39, 0.29) is 18.2 Å². The summed E-state index contributed by atoms with van der Waals surface area (Å²) in [6.45, 7) is 2.72. The molecule has 0 saturated carbocycles. The van der Waals surface area contributed by atoms with Gasteiger partial charge in [-0.3, -0.25) is 19.8 Å². The molecule has 1 aromatic carbocycles. The molecule has 0 spiro atoms. The van der Waals surface area contributed by atoms with Gasteiger partial charge in [-0.25, -0.2) is 0 Å². The Hall–Kier alpha value is -1.95. The van der Waals surface area contributed by atoms with Crippen LogP contribution < -0.4 is 0 Å². The monoisotopic (exact) mass is 252 g/mol. The predicted molar refractivity (Wildman–Crippen MR) is 66.1 cm³/mol. The Morgan fingerprint density at radius 2 is 2.22 bits per heavy atom. The molecule has 0 aromatic heterocycles. The van der Waals surface area contributed by atoms with E-state index in [9.17, 15) is 14.9 Å². The van der Waals surface area contributed by atoms with Crippen molar-refractivity contribution in [3.8, 4) is 0 Å². The Labute approximate surface area is 105 Å². The quantitative estimate of drug-likeness (QED) is 0.436. The molecule has 0 amide bonds. The second-order valence-electron chi connectivity index (χ2n) is 3.90. The number of nitro groups is 1. The van der Waals surface area contributed by atoms with Crippen molar-refractivity contribution in [1.82, 2.24) is 4.90 Å². The molecule has 0 radical (unpaired) electrons. The first-order valence-corrected chi connectivity index (χ1v) is 5.60. The highest BCUT2D eigenvalue weighted by Gasteiger charge is 2.10. The van der Waals surface area contributed by atoms with Crippen molar-refractivity contribution < 1.29 is 14.5 Å². The molecular weight excluding hydrogens is 236 g/mol. The molecule has 0 atom stereocenters. The fourth-order valence-electron chi connectivity index (χ4n) is 1.56. The summed E-state index contributed by atoms with van der Waals surface area (Å²) in [6.07, 6.45) is 0. The molecule has 0 aliphatic carbocycles. The number of hydrogen-bond acceptors (Lipinski definition) is 5. The minimum Gasteiger partial charge on any atom is -0.465 e. The Morgan fingerprint density at radius 3 is 2.83 bits per heavy atom. The molecule has 1 rings (SSSR count). The van der Waals surface area contributed by atoms with Gasteiger partial charge in [-0.2, -0.15) is 0 Å². The maximum Gasteiger partial charge on any atom is 0.320 e. The summed E-state index contributed by atoms with van der Waals surface area (Å²) >= 11 is 0. The number of ether oxygens (including phenoxy) is 1. The molecule has 0 bridgehead atoms. The first-order valence-electron chi connectivity index (χ1n) is 5.60. The van der Waals surface area contributed by atoms with E-state index in [1.807, 2.05) is 0 Å². The average Bonchev–Trinajstić information content (AvgIpc) is 2.29. The van der Waals surface area contributed by atoms with Gasteiger partial charge >= 0.3 is 5.97 Å². The smallest absolute Gasteiger partial charge is 0.320 e. The van der Waals surface area contributed by atoms with Crippen molar-refractivity contribution in [3.05, 3.63) is 39.9 Å². The van der Waals surface area contributed by atoms with Crippen LogP contribution in [0.5, 0.6) is 0 Å². The normalized spacial score (nSPS) is 10.4. The zero-order valence-electron chi connectivity index (χ0n) is 10.5. The van der Waals surface area contributed by atoms with E-state index in [1.165, 1.54) is 12.1 Å². The van der Waals surface area contributed by atoms with E-state index < -0.39 is 4.92 Å². The van der Waals surface area contributed by atoms with Crippen LogP contribution in [0.3, 0.4) is 0 Å². The summed E-state index contributed by atoms with van der Waals surface area (Å²) < 4.78 is 4.82. The van der Waals surface area contributed by atoms with Gasteiger partial charge in [0, 0.05) is 18.7 Å². The summed E-state index contributed by atoms with van der Waals surface area (Å²) in [5.74, 6) is -0.301. The molecule has 0 fully saturated rings. The molecule has 6 nitrogen and oxygen atoms in total.